The number of rotatable bonds is 4. The van der Waals surface area contributed by atoms with E-state index < -0.39 is 0 Å². The van der Waals surface area contributed by atoms with Crippen molar-refractivity contribution in [1.82, 2.24) is 10.6 Å². The molecule has 2 N–H and O–H groups in total. The normalized spacial score (nSPS) is 14.5. The van der Waals surface area contributed by atoms with Crippen LogP contribution in [0.25, 0.3) is 0 Å². The molecule has 0 aromatic rings. The Morgan fingerprint density at radius 1 is 1.23 bits per heavy atom. The molecule has 5 heteroatoms. The van der Waals surface area contributed by atoms with Crippen molar-refractivity contribution in [3.05, 3.63) is 0 Å². The van der Waals surface area contributed by atoms with Crippen molar-refractivity contribution >= 4 is 24.4 Å². The molecule has 0 saturated heterocycles. The molecule has 2 atom stereocenters. The number of carbonyl (C=O) groups is 2. The zero-order valence-corrected chi connectivity index (χ0v) is 9.02. The van der Waals surface area contributed by atoms with Gasteiger partial charge in [0, 0.05) is 25.6 Å². The molecule has 0 aromatic carbocycles. The molecule has 13 heavy (non-hydrogen) atoms. The fraction of sp³-hybridized carbons (Fsp3) is 0.750. The minimum Gasteiger partial charge on any atom is -0.352 e. The number of nitrogens with one attached hydrogen (secondary N) is 2. The van der Waals surface area contributed by atoms with Gasteiger partial charge in [-0.25, -0.2) is 0 Å². The Morgan fingerprint density at radius 3 is 2.00 bits per heavy atom. The smallest absolute Gasteiger partial charge is 0.217 e. The van der Waals surface area contributed by atoms with Crippen LogP contribution in [-0.2, 0) is 9.59 Å². The summed E-state index contributed by atoms with van der Waals surface area (Å²) in [5, 5.41) is 5.40. The zero-order chi connectivity index (χ0) is 10.4. The maximum atomic E-state index is 10.7. The lowest BCUT2D eigenvalue weighted by Crippen LogP contribution is -2.50. The molecule has 76 valence electrons. The maximum Gasteiger partial charge on any atom is 0.217 e. The van der Waals surface area contributed by atoms with Crippen LogP contribution in [-0.4, -0.2) is 29.7 Å². The van der Waals surface area contributed by atoms with Crippen LogP contribution in [0.15, 0.2) is 0 Å². The number of carbonyl (C=O) groups excluding carboxylic acids is 2. The summed E-state index contributed by atoms with van der Waals surface area (Å²) in [6.07, 6.45) is 0. The first-order chi connectivity index (χ1) is 5.97. The average molecular weight is 204 g/mol. The van der Waals surface area contributed by atoms with Crippen molar-refractivity contribution in [3.63, 3.8) is 0 Å². The summed E-state index contributed by atoms with van der Waals surface area (Å²) < 4.78 is 0. The van der Waals surface area contributed by atoms with Gasteiger partial charge in [0.2, 0.25) is 11.8 Å². The SMILES string of the molecule is CC(=O)NC(C)C(CS)NC(C)=O. The lowest BCUT2D eigenvalue weighted by molar-refractivity contribution is -0.122. The highest BCUT2D eigenvalue weighted by atomic mass is 32.1. The molecule has 2 amide bonds. The Morgan fingerprint density at radius 2 is 1.69 bits per heavy atom. The van der Waals surface area contributed by atoms with Crippen LogP contribution in [0, 0.1) is 0 Å². The molecule has 0 fully saturated rings. The van der Waals surface area contributed by atoms with E-state index in [1.807, 2.05) is 6.92 Å². The zero-order valence-electron chi connectivity index (χ0n) is 8.13. The van der Waals surface area contributed by atoms with Crippen LogP contribution < -0.4 is 10.6 Å². The summed E-state index contributed by atoms with van der Waals surface area (Å²) in [5.74, 6) is 0.280. The van der Waals surface area contributed by atoms with Gasteiger partial charge < -0.3 is 10.6 Å². The average Bonchev–Trinajstić information content (AvgIpc) is 1.98. The van der Waals surface area contributed by atoms with E-state index in [-0.39, 0.29) is 23.9 Å². The third-order valence-electron chi connectivity index (χ3n) is 1.62. The van der Waals surface area contributed by atoms with Crippen molar-refractivity contribution in [2.24, 2.45) is 0 Å². The third kappa shape index (κ3) is 5.52. The molecule has 0 radical (unpaired) electrons. The molecular formula is C8H16N2O2S. The van der Waals surface area contributed by atoms with Crippen molar-refractivity contribution in [1.29, 1.82) is 0 Å². The van der Waals surface area contributed by atoms with E-state index in [0.717, 1.165) is 0 Å². The van der Waals surface area contributed by atoms with E-state index in [2.05, 4.69) is 23.3 Å². The molecule has 2 unspecified atom stereocenters. The van der Waals surface area contributed by atoms with Gasteiger partial charge in [-0.05, 0) is 6.92 Å². The summed E-state index contributed by atoms with van der Waals surface area (Å²) in [7, 11) is 0. The van der Waals surface area contributed by atoms with Gasteiger partial charge in [0.1, 0.15) is 0 Å². The number of hydrogen-bond donors (Lipinski definition) is 3. The molecule has 0 aliphatic rings. The third-order valence-corrected chi connectivity index (χ3v) is 2.01. The molecule has 0 rings (SSSR count). The van der Waals surface area contributed by atoms with Gasteiger partial charge in [-0.15, -0.1) is 0 Å². The molecule has 0 heterocycles. The second-order valence-corrected chi connectivity index (χ2v) is 3.34. The van der Waals surface area contributed by atoms with E-state index in [0.29, 0.717) is 5.75 Å². The van der Waals surface area contributed by atoms with E-state index in [9.17, 15) is 9.59 Å². The second kappa shape index (κ2) is 5.85. The Balaban J connectivity index is 4.06. The fourth-order valence-electron chi connectivity index (χ4n) is 1.01. The van der Waals surface area contributed by atoms with E-state index in [1.165, 1.54) is 13.8 Å². The largest absolute Gasteiger partial charge is 0.352 e. The number of thiol groups is 1. The summed E-state index contributed by atoms with van der Waals surface area (Å²) in [6, 6.07) is -0.219. The van der Waals surface area contributed by atoms with Crippen molar-refractivity contribution < 1.29 is 9.59 Å². The van der Waals surface area contributed by atoms with Crippen molar-refractivity contribution in [3.8, 4) is 0 Å². The van der Waals surface area contributed by atoms with Crippen molar-refractivity contribution in [2.75, 3.05) is 5.75 Å². The fourth-order valence-corrected chi connectivity index (χ4v) is 1.42. The van der Waals surface area contributed by atoms with Gasteiger partial charge in [-0.1, -0.05) is 0 Å². The Hall–Kier alpha value is -0.710. The Bertz CT molecular complexity index is 197. The lowest BCUT2D eigenvalue weighted by Gasteiger charge is -2.23. The summed E-state index contributed by atoms with van der Waals surface area (Å²) in [6.45, 7) is 4.72. The van der Waals surface area contributed by atoms with Crippen LogP contribution >= 0.6 is 12.6 Å². The summed E-state index contributed by atoms with van der Waals surface area (Å²) >= 11 is 4.09. The predicted octanol–water partition coefficient (Wildman–Crippen LogP) is -0.0545. The molecule has 0 saturated carbocycles. The van der Waals surface area contributed by atoms with Gasteiger partial charge in [0.05, 0.1) is 6.04 Å². The van der Waals surface area contributed by atoms with E-state index >= 15 is 0 Å². The van der Waals surface area contributed by atoms with Crippen LogP contribution in [0.1, 0.15) is 20.8 Å². The highest BCUT2D eigenvalue weighted by Crippen LogP contribution is 1.95. The highest BCUT2D eigenvalue weighted by Gasteiger charge is 2.16. The molecular weight excluding hydrogens is 188 g/mol. The predicted molar refractivity (Wildman–Crippen MR) is 54.7 cm³/mol. The summed E-state index contributed by atoms with van der Waals surface area (Å²) in [4.78, 5) is 21.5. The number of amides is 2. The Kier molecular flexibility index (Phi) is 5.53. The molecule has 0 aliphatic carbocycles. The minimum atomic E-state index is -0.121. The molecule has 0 aromatic heterocycles. The van der Waals surface area contributed by atoms with Gasteiger partial charge in [0.15, 0.2) is 0 Å². The van der Waals surface area contributed by atoms with Gasteiger partial charge in [0.25, 0.3) is 0 Å². The van der Waals surface area contributed by atoms with Gasteiger partial charge in [-0.3, -0.25) is 9.59 Å². The molecule has 0 spiro atoms. The van der Waals surface area contributed by atoms with Crippen molar-refractivity contribution in [2.45, 2.75) is 32.9 Å². The van der Waals surface area contributed by atoms with Crippen LogP contribution in [0.3, 0.4) is 0 Å². The van der Waals surface area contributed by atoms with Crippen LogP contribution in [0.4, 0.5) is 0 Å². The Labute approximate surface area is 83.9 Å². The van der Waals surface area contributed by atoms with Gasteiger partial charge in [-0.2, -0.15) is 12.6 Å². The molecule has 0 aliphatic heterocycles. The standard InChI is InChI=1S/C8H16N2O2S/c1-5(9-6(2)11)8(4-13)10-7(3)12/h5,8,13H,4H2,1-3H3,(H,9,11)(H,10,12). The quantitative estimate of drug-likeness (QED) is 0.562. The first-order valence-electron chi connectivity index (χ1n) is 4.12. The minimum absolute atomic E-state index is 0.0982. The summed E-state index contributed by atoms with van der Waals surface area (Å²) in [5.41, 5.74) is 0. The second-order valence-electron chi connectivity index (χ2n) is 2.98. The number of hydrogen-bond acceptors (Lipinski definition) is 3. The molecule has 4 nitrogen and oxygen atoms in total. The van der Waals surface area contributed by atoms with E-state index in [1.54, 1.807) is 0 Å². The molecule has 0 bridgehead atoms. The van der Waals surface area contributed by atoms with Gasteiger partial charge >= 0.3 is 0 Å². The van der Waals surface area contributed by atoms with Crippen LogP contribution in [0.5, 0.6) is 0 Å². The topological polar surface area (TPSA) is 58.2 Å². The monoisotopic (exact) mass is 204 g/mol. The highest BCUT2D eigenvalue weighted by molar-refractivity contribution is 7.80. The maximum absolute atomic E-state index is 10.7. The van der Waals surface area contributed by atoms with E-state index in [4.69, 9.17) is 0 Å². The first-order valence-corrected chi connectivity index (χ1v) is 4.75. The van der Waals surface area contributed by atoms with Crippen LogP contribution in [0.2, 0.25) is 0 Å². The lowest BCUT2D eigenvalue weighted by atomic mass is 10.1. The first kappa shape index (κ1) is 12.3.